The summed E-state index contributed by atoms with van der Waals surface area (Å²) in [6, 6.07) is 4.89. The molecule has 17 heavy (non-hydrogen) atoms. The molecular weight excluding hydrogens is 218 g/mol. The van der Waals surface area contributed by atoms with Gasteiger partial charge in [0.25, 0.3) is 5.91 Å². The van der Waals surface area contributed by atoms with Gasteiger partial charge in [0.05, 0.1) is 0 Å². The molecule has 0 fully saturated rings. The van der Waals surface area contributed by atoms with Crippen LogP contribution in [0.25, 0.3) is 0 Å². The lowest BCUT2D eigenvalue weighted by Crippen LogP contribution is -2.31. The van der Waals surface area contributed by atoms with Crippen molar-refractivity contribution >= 4 is 5.91 Å². The summed E-state index contributed by atoms with van der Waals surface area (Å²) in [5.41, 5.74) is 0.891. The summed E-state index contributed by atoms with van der Waals surface area (Å²) < 4.78 is 5.29. The van der Waals surface area contributed by atoms with Crippen LogP contribution in [0.1, 0.15) is 19.4 Å². The van der Waals surface area contributed by atoms with Crippen molar-refractivity contribution < 1.29 is 14.6 Å². The zero-order valence-electron chi connectivity index (χ0n) is 10.5. The second-order valence-corrected chi connectivity index (χ2v) is 4.49. The van der Waals surface area contributed by atoms with Crippen LogP contribution >= 0.6 is 0 Å². The number of ether oxygens (including phenoxy) is 1. The predicted octanol–water partition coefficient (Wildman–Crippen LogP) is 1.85. The molecule has 0 bridgehead atoms. The molecule has 1 amide bonds. The van der Waals surface area contributed by atoms with Crippen molar-refractivity contribution in [3.8, 4) is 11.5 Å². The highest BCUT2D eigenvalue weighted by Crippen LogP contribution is 2.20. The number of benzene rings is 1. The van der Waals surface area contributed by atoms with Gasteiger partial charge in [0.2, 0.25) is 0 Å². The van der Waals surface area contributed by atoms with Crippen LogP contribution in [-0.4, -0.2) is 24.2 Å². The summed E-state index contributed by atoms with van der Waals surface area (Å²) in [5.74, 6) is 0.909. The van der Waals surface area contributed by atoms with Gasteiger partial charge in [-0.25, -0.2) is 0 Å². The SMILES string of the molecule is Cc1cc(O)cc(OCC(=O)NCC(C)C)c1. The summed E-state index contributed by atoms with van der Waals surface area (Å²) in [6.07, 6.45) is 0. The van der Waals surface area contributed by atoms with Gasteiger partial charge in [-0.15, -0.1) is 0 Å². The van der Waals surface area contributed by atoms with Gasteiger partial charge in [-0.05, 0) is 30.5 Å². The molecule has 1 rings (SSSR count). The van der Waals surface area contributed by atoms with Gasteiger partial charge >= 0.3 is 0 Å². The van der Waals surface area contributed by atoms with E-state index in [-0.39, 0.29) is 18.3 Å². The lowest BCUT2D eigenvalue weighted by Gasteiger charge is -2.09. The zero-order chi connectivity index (χ0) is 12.8. The van der Waals surface area contributed by atoms with Crippen molar-refractivity contribution in [2.45, 2.75) is 20.8 Å². The van der Waals surface area contributed by atoms with Crippen LogP contribution in [0.15, 0.2) is 18.2 Å². The Morgan fingerprint density at radius 1 is 1.41 bits per heavy atom. The number of hydrogen-bond donors (Lipinski definition) is 2. The first-order valence-corrected chi connectivity index (χ1v) is 5.67. The van der Waals surface area contributed by atoms with Crippen molar-refractivity contribution in [3.63, 3.8) is 0 Å². The van der Waals surface area contributed by atoms with E-state index in [9.17, 15) is 9.90 Å². The summed E-state index contributed by atoms with van der Waals surface area (Å²) in [5, 5.41) is 12.1. The molecule has 4 heteroatoms. The summed E-state index contributed by atoms with van der Waals surface area (Å²) >= 11 is 0. The van der Waals surface area contributed by atoms with E-state index in [2.05, 4.69) is 5.32 Å². The molecule has 0 atom stereocenters. The highest BCUT2D eigenvalue weighted by Gasteiger charge is 2.04. The van der Waals surface area contributed by atoms with E-state index in [0.29, 0.717) is 18.2 Å². The Hall–Kier alpha value is -1.71. The van der Waals surface area contributed by atoms with Crippen LogP contribution in [-0.2, 0) is 4.79 Å². The maximum atomic E-state index is 11.4. The Kier molecular flexibility index (Phi) is 4.82. The molecule has 0 unspecified atom stereocenters. The molecule has 4 nitrogen and oxygen atoms in total. The third kappa shape index (κ3) is 5.24. The van der Waals surface area contributed by atoms with Crippen molar-refractivity contribution in [2.75, 3.05) is 13.2 Å². The topological polar surface area (TPSA) is 58.6 Å². The Morgan fingerprint density at radius 3 is 2.71 bits per heavy atom. The van der Waals surface area contributed by atoms with Crippen LogP contribution in [0, 0.1) is 12.8 Å². The molecule has 0 saturated carbocycles. The molecule has 0 aliphatic carbocycles. The maximum Gasteiger partial charge on any atom is 0.257 e. The summed E-state index contributed by atoms with van der Waals surface area (Å²) in [6.45, 7) is 6.52. The largest absolute Gasteiger partial charge is 0.508 e. The molecule has 0 saturated heterocycles. The van der Waals surface area contributed by atoms with Gasteiger partial charge in [0.1, 0.15) is 11.5 Å². The van der Waals surface area contributed by atoms with E-state index in [1.165, 1.54) is 6.07 Å². The Labute approximate surface area is 102 Å². The van der Waals surface area contributed by atoms with Crippen LogP contribution in [0.3, 0.4) is 0 Å². The zero-order valence-corrected chi connectivity index (χ0v) is 10.5. The van der Waals surface area contributed by atoms with Crippen molar-refractivity contribution in [2.24, 2.45) is 5.92 Å². The van der Waals surface area contributed by atoms with Gasteiger partial charge in [-0.3, -0.25) is 4.79 Å². The summed E-state index contributed by atoms with van der Waals surface area (Å²) in [4.78, 5) is 11.4. The van der Waals surface area contributed by atoms with Gasteiger partial charge in [0, 0.05) is 12.6 Å². The van der Waals surface area contributed by atoms with E-state index in [1.807, 2.05) is 20.8 Å². The first-order chi connectivity index (χ1) is 7.97. The lowest BCUT2D eigenvalue weighted by molar-refractivity contribution is -0.123. The first-order valence-electron chi connectivity index (χ1n) is 5.67. The van der Waals surface area contributed by atoms with Crippen LogP contribution in [0.4, 0.5) is 0 Å². The molecule has 1 aromatic carbocycles. The number of hydrogen-bond acceptors (Lipinski definition) is 3. The lowest BCUT2D eigenvalue weighted by atomic mass is 10.2. The Bertz CT molecular complexity index is 368. The second-order valence-electron chi connectivity index (χ2n) is 4.49. The van der Waals surface area contributed by atoms with Crippen molar-refractivity contribution in [3.05, 3.63) is 23.8 Å². The average molecular weight is 237 g/mol. The number of carbonyl (C=O) groups excluding carboxylic acids is 1. The molecule has 0 aliphatic heterocycles. The minimum absolute atomic E-state index is 0.0321. The van der Waals surface area contributed by atoms with Crippen molar-refractivity contribution in [1.29, 1.82) is 0 Å². The number of aromatic hydroxyl groups is 1. The average Bonchev–Trinajstić information content (AvgIpc) is 2.22. The normalized spacial score (nSPS) is 10.4. The Morgan fingerprint density at radius 2 is 2.12 bits per heavy atom. The van der Waals surface area contributed by atoms with Gasteiger partial charge in [0.15, 0.2) is 6.61 Å². The highest BCUT2D eigenvalue weighted by molar-refractivity contribution is 5.77. The number of carbonyl (C=O) groups is 1. The smallest absolute Gasteiger partial charge is 0.257 e. The standard InChI is InChI=1S/C13H19NO3/c1-9(2)7-14-13(16)8-17-12-5-10(3)4-11(15)6-12/h4-6,9,15H,7-8H2,1-3H3,(H,14,16). The molecular formula is C13H19NO3. The fourth-order valence-corrected chi connectivity index (χ4v) is 1.33. The number of phenolic OH excluding ortho intramolecular Hbond substituents is 1. The number of nitrogens with one attached hydrogen (secondary N) is 1. The van der Waals surface area contributed by atoms with Gasteiger partial charge < -0.3 is 15.2 Å². The quantitative estimate of drug-likeness (QED) is 0.821. The predicted molar refractivity (Wildman–Crippen MR) is 66.2 cm³/mol. The molecule has 0 aliphatic rings. The number of amides is 1. The van der Waals surface area contributed by atoms with Gasteiger partial charge in [-0.2, -0.15) is 0 Å². The molecule has 0 heterocycles. The van der Waals surface area contributed by atoms with Gasteiger partial charge in [-0.1, -0.05) is 13.8 Å². The number of aryl methyl sites for hydroxylation is 1. The van der Waals surface area contributed by atoms with Crippen LogP contribution in [0.2, 0.25) is 0 Å². The highest BCUT2D eigenvalue weighted by atomic mass is 16.5. The van der Waals surface area contributed by atoms with E-state index in [4.69, 9.17) is 4.74 Å². The van der Waals surface area contributed by atoms with E-state index in [1.54, 1.807) is 12.1 Å². The van der Waals surface area contributed by atoms with E-state index < -0.39 is 0 Å². The molecule has 94 valence electrons. The minimum atomic E-state index is -0.153. The van der Waals surface area contributed by atoms with E-state index >= 15 is 0 Å². The molecule has 2 N–H and O–H groups in total. The van der Waals surface area contributed by atoms with Crippen LogP contribution in [0.5, 0.6) is 11.5 Å². The fraction of sp³-hybridized carbons (Fsp3) is 0.462. The maximum absolute atomic E-state index is 11.4. The molecule has 0 spiro atoms. The number of rotatable bonds is 5. The second kappa shape index (κ2) is 6.13. The molecule has 0 radical (unpaired) electrons. The third-order valence-electron chi connectivity index (χ3n) is 2.11. The van der Waals surface area contributed by atoms with E-state index in [0.717, 1.165) is 5.56 Å². The monoisotopic (exact) mass is 237 g/mol. The summed E-state index contributed by atoms with van der Waals surface area (Å²) in [7, 11) is 0. The molecule has 0 aromatic heterocycles. The van der Waals surface area contributed by atoms with Crippen molar-refractivity contribution in [1.82, 2.24) is 5.32 Å². The number of phenols is 1. The minimum Gasteiger partial charge on any atom is -0.508 e. The van der Waals surface area contributed by atoms with Crippen LogP contribution < -0.4 is 10.1 Å². The third-order valence-corrected chi connectivity index (χ3v) is 2.11. The molecule has 1 aromatic rings. The first kappa shape index (κ1) is 13.4. The Balaban J connectivity index is 2.42. The fourth-order valence-electron chi connectivity index (χ4n) is 1.33.